The van der Waals surface area contributed by atoms with Crippen LogP contribution in [0.4, 0.5) is 0 Å². The molecule has 21 aliphatic rings. The Morgan fingerprint density at radius 1 is 0.231 bits per heavy atom. The summed E-state index contributed by atoms with van der Waals surface area (Å²) in [5.41, 5.74) is 5.43. The summed E-state index contributed by atoms with van der Waals surface area (Å²) in [6.07, 6.45) is 6.75. The van der Waals surface area contributed by atoms with Gasteiger partial charge in [0.05, 0.1) is 0 Å². The van der Waals surface area contributed by atoms with Gasteiger partial charge in [0.2, 0.25) is 0 Å². The predicted molar refractivity (Wildman–Crippen MR) is 135 cm³/mol. The largest absolute Gasteiger partial charge is 0.0496 e. The first kappa shape index (κ1) is 16.2. The maximum absolute atomic E-state index is 1.71. The molecule has 194 valence electrons. The molecule has 35 atom stereocenters. The van der Waals surface area contributed by atoms with Gasteiger partial charge in [-0.25, -0.2) is 0 Å². The molecule has 0 saturated heterocycles. The maximum atomic E-state index is 1.71. The third-order valence-electron chi connectivity index (χ3n) is 27.1. The first-order valence-electron chi connectivity index (χ1n) is 19.4. The maximum Gasteiger partial charge on any atom is -0.00934 e. The summed E-state index contributed by atoms with van der Waals surface area (Å²) < 4.78 is 0. The quantitative estimate of drug-likeness (QED) is 0.394. The topological polar surface area (TPSA) is 0 Å². The van der Waals surface area contributed by atoms with Gasteiger partial charge in [0.25, 0.3) is 0 Å². The average Bonchev–Trinajstić information content (AvgIpc) is 3.19. The van der Waals surface area contributed by atoms with E-state index in [0.29, 0.717) is 0 Å². The molecule has 0 aromatic heterocycles. The van der Waals surface area contributed by atoms with Crippen LogP contribution in [0.3, 0.4) is 0 Å². The first-order chi connectivity index (χ1) is 19.4. The summed E-state index contributed by atoms with van der Waals surface area (Å²) in [5, 5.41) is 0. The molecule has 39 heavy (non-hydrogen) atoms. The fourth-order valence-corrected chi connectivity index (χ4v) is 30.0. The van der Waals surface area contributed by atoms with Gasteiger partial charge in [-0.1, -0.05) is 0 Å². The Morgan fingerprint density at radius 2 is 0.590 bits per heavy atom. The van der Waals surface area contributed by atoms with Gasteiger partial charge >= 0.3 is 0 Å². The Hall–Kier alpha value is 0. The molecule has 21 saturated carbocycles. The van der Waals surface area contributed by atoms with Gasteiger partial charge in [0, 0.05) is 0 Å². The summed E-state index contributed by atoms with van der Waals surface area (Å²) in [7, 11) is 0. The van der Waals surface area contributed by atoms with Gasteiger partial charge in [0.15, 0.2) is 0 Å². The minimum atomic E-state index is 1.08. The lowest BCUT2D eigenvalue weighted by Gasteiger charge is -3.29. The lowest BCUT2D eigenvalue weighted by atomic mass is 8.74. The molecule has 0 heteroatoms. The zero-order valence-corrected chi connectivity index (χ0v) is 22.6. The van der Waals surface area contributed by atoms with Crippen molar-refractivity contribution in [3.8, 4) is 0 Å². The van der Waals surface area contributed by atoms with Gasteiger partial charge in [0.1, 0.15) is 0 Å². The number of fused-ring (bicyclic) bond motifs is 33. The Bertz CT molecular complexity index is 1610. The van der Waals surface area contributed by atoms with Crippen LogP contribution in [0.5, 0.6) is 0 Å². The van der Waals surface area contributed by atoms with E-state index in [2.05, 4.69) is 0 Å². The molecular weight excluding hydrogens is 468 g/mol. The summed E-state index contributed by atoms with van der Waals surface area (Å²) in [6.45, 7) is 0. The fraction of sp³-hybridized carbons (Fsp3) is 1.00. The van der Waals surface area contributed by atoms with E-state index in [0.717, 1.165) is 27.1 Å². The molecule has 21 fully saturated rings. The summed E-state index contributed by atoms with van der Waals surface area (Å²) in [6, 6.07) is 0. The van der Waals surface area contributed by atoms with E-state index in [1.807, 2.05) is 0 Å². The van der Waals surface area contributed by atoms with E-state index in [-0.39, 0.29) is 0 Å². The van der Waals surface area contributed by atoms with Crippen LogP contribution < -0.4 is 0 Å². The minimum Gasteiger partial charge on any atom is -0.0496 e. The molecule has 0 aliphatic heterocycles. The van der Waals surface area contributed by atoms with Crippen LogP contribution in [0, 0.1) is 205 Å². The molecule has 0 amide bonds. The van der Waals surface area contributed by atoms with Gasteiger partial charge in [-0.3, -0.25) is 0 Å². The molecule has 21 rings (SSSR count). The Kier molecular flexibility index (Phi) is 1.40. The molecule has 0 nitrogen and oxygen atoms in total. The normalized spacial score (nSPS) is 110. The SMILES string of the molecule is C1CC2C1C1C2C2C1C1C2C2C1C1C2C2C1C1C3C2C2C4[C@@H]5C6C7C8CCC9C8C78C9[C@@H]7C9C%10C1C32C%104C95C678. The molecule has 0 aromatic rings. The van der Waals surface area contributed by atoms with Crippen molar-refractivity contribution in [3.63, 3.8) is 0 Å². The van der Waals surface area contributed by atoms with E-state index < -0.39 is 0 Å². The van der Waals surface area contributed by atoms with Gasteiger partial charge < -0.3 is 0 Å². The monoisotopic (exact) mass is 506 g/mol. The second-order valence-electron chi connectivity index (χ2n) is 22.7. The Balaban J connectivity index is 0.735. The second kappa shape index (κ2) is 3.38. The highest BCUT2D eigenvalue weighted by Gasteiger charge is 3.28. The van der Waals surface area contributed by atoms with Crippen LogP contribution in [-0.2, 0) is 0 Å². The smallest absolute Gasteiger partial charge is 0.00934 e. The molecule has 5 spiro atoms. The molecule has 0 N–H and O–H groups in total. The van der Waals surface area contributed by atoms with Crippen LogP contribution in [0.1, 0.15) is 25.7 Å². The van der Waals surface area contributed by atoms with Gasteiger partial charge in [-0.15, -0.1) is 0 Å². The lowest BCUT2D eigenvalue weighted by molar-refractivity contribution is -0.836. The molecule has 21 aliphatic carbocycles. The second-order valence-corrected chi connectivity index (χ2v) is 22.7. The Labute approximate surface area is 229 Å². The van der Waals surface area contributed by atoms with Crippen LogP contribution in [-0.4, -0.2) is 0 Å². The van der Waals surface area contributed by atoms with Crippen molar-refractivity contribution in [2.75, 3.05) is 0 Å². The van der Waals surface area contributed by atoms with Gasteiger partial charge in [-0.2, -0.15) is 0 Å². The lowest BCUT2D eigenvalue weighted by Crippen LogP contribution is -3.27. The summed E-state index contributed by atoms with van der Waals surface area (Å²) in [4.78, 5) is 0. The predicted octanol–water partition coefficient (Wildman–Crippen LogP) is 5.25. The summed E-state index contributed by atoms with van der Waals surface area (Å²) in [5.74, 6) is 40.1. The van der Waals surface area contributed by atoms with E-state index in [1.165, 1.54) is 178 Å². The van der Waals surface area contributed by atoms with Crippen molar-refractivity contribution >= 4 is 0 Å². The molecule has 0 heterocycles. The minimum absolute atomic E-state index is 1.08. The zero-order chi connectivity index (χ0) is 22.6. The van der Waals surface area contributed by atoms with Gasteiger partial charge in [-0.05, 0) is 230 Å². The highest BCUT2D eigenvalue weighted by Crippen LogP contribution is 3.31. The number of rotatable bonds is 0. The number of hydrogen-bond donors (Lipinski definition) is 0. The standard InChI is InChI=1S/C39H38/c1-2-6-5(1)9-10(6)12-11(9)13-14(12)16-15(13)17-18(16)20-19(17)21-26-22(20)28-32-34-30-25-8-4-3-7-23(8)35(25)24(7)29-33-31-27(21)36(26,28)38(31,32)39(33,34)37(29,30)35/h5-34H,1-4H2/t5?,6?,7?,8?,9?,10?,11?,12?,13?,14?,15?,16?,17?,18?,19?,20?,21?,22?,23?,24?,25?,26?,27?,28?,29-,30?,31?,32?,33?,34+,35?,36?,37?,38?,39?/m1/s1. The van der Waals surface area contributed by atoms with E-state index >= 15 is 0 Å². The molecule has 33 unspecified atom stereocenters. The van der Waals surface area contributed by atoms with Crippen molar-refractivity contribution in [2.45, 2.75) is 25.7 Å². The molecular formula is C39H38. The van der Waals surface area contributed by atoms with Crippen molar-refractivity contribution in [3.05, 3.63) is 0 Å². The van der Waals surface area contributed by atoms with E-state index in [9.17, 15) is 0 Å². The average molecular weight is 507 g/mol. The van der Waals surface area contributed by atoms with Crippen molar-refractivity contribution in [1.82, 2.24) is 0 Å². The molecule has 0 aromatic carbocycles. The van der Waals surface area contributed by atoms with Crippen molar-refractivity contribution in [1.29, 1.82) is 0 Å². The van der Waals surface area contributed by atoms with Crippen LogP contribution >= 0.6 is 0 Å². The Morgan fingerprint density at radius 3 is 1.08 bits per heavy atom. The highest BCUT2D eigenvalue weighted by atomic mass is 15.3. The third kappa shape index (κ3) is 0.696. The van der Waals surface area contributed by atoms with E-state index in [4.69, 9.17) is 0 Å². The molecule has 0 radical (unpaired) electrons. The van der Waals surface area contributed by atoms with Crippen molar-refractivity contribution < 1.29 is 0 Å². The molecule has 0 bridgehead atoms. The zero-order valence-electron chi connectivity index (χ0n) is 22.6. The van der Waals surface area contributed by atoms with Crippen molar-refractivity contribution in [2.24, 2.45) is 205 Å². The van der Waals surface area contributed by atoms with Crippen LogP contribution in [0.2, 0.25) is 0 Å². The highest BCUT2D eigenvalue weighted by molar-refractivity contribution is 5.74. The van der Waals surface area contributed by atoms with Crippen LogP contribution in [0.15, 0.2) is 0 Å². The third-order valence-corrected chi connectivity index (χ3v) is 27.1. The summed E-state index contributed by atoms with van der Waals surface area (Å²) >= 11 is 0. The first-order valence-corrected chi connectivity index (χ1v) is 19.4. The fourth-order valence-electron chi connectivity index (χ4n) is 30.0. The number of hydrogen-bond acceptors (Lipinski definition) is 0. The van der Waals surface area contributed by atoms with E-state index in [1.54, 1.807) is 25.7 Å². The van der Waals surface area contributed by atoms with Crippen LogP contribution in [0.25, 0.3) is 0 Å².